The van der Waals surface area contributed by atoms with E-state index in [1.165, 1.54) is 0 Å². The fourth-order valence-electron chi connectivity index (χ4n) is 2.25. The van der Waals surface area contributed by atoms with E-state index in [0.717, 1.165) is 46.9 Å². The second-order valence-electron chi connectivity index (χ2n) is 4.54. The van der Waals surface area contributed by atoms with Crippen LogP contribution in [0.25, 0.3) is 11.0 Å². The van der Waals surface area contributed by atoms with Crippen molar-refractivity contribution in [2.24, 2.45) is 0 Å². The molecule has 0 spiro atoms. The van der Waals surface area contributed by atoms with Gasteiger partial charge in [-0.05, 0) is 24.6 Å². The number of aromatic nitrogens is 3. The van der Waals surface area contributed by atoms with Crippen LogP contribution in [-0.4, -0.2) is 14.5 Å². The molecule has 0 saturated carbocycles. The van der Waals surface area contributed by atoms with Gasteiger partial charge < -0.3 is 10.3 Å². The van der Waals surface area contributed by atoms with Gasteiger partial charge in [0, 0.05) is 23.7 Å². The van der Waals surface area contributed by atoms with E-state index < -0.39 is 0 Å². The lowest BCUT2D eigenvalue weighted by Gasteiger charge is -2.06. The quantitative estimate of drug-likeness (QED) is 0.743. The summed E-state index contributed by atoms with van der Waals surface area (Å²) in [5.41, 5.74) is 8.70. The summed E-state index contributed by atoms with van der Waals surface area (Å²) in [7, 11) is 0. The van der Waals surface area contributed by atoms with E-state index in [-0.39, 0.29) is 0 Å². The molecule has 0 radical (unpaired) electrons. The van der Waals surface area contributed by atoms with Crippen LogP contribution in [0.5, 0.6) is 0 Å². The Kier molecular flexibility index (Phi) is 3.21. The van der Waals surface area contributed by atoms with Crippen LogP contribution in [0.1, 0.15) is 24.2 Å². The van der Waals surface area contributed by atoms with Crippen LogP contribution in [-0.2, 0) is 13.0 Å². The molecule has 0 atom stereocenters. The number of imidazole rings is 1. The highest BCUT2D eigenvalue weighted by Crippen LogP contribution is 2.21. The largest absolute Gasteiger partial charge is 0.399 e. The molecule has 3 rings (SSSR count). The van der Waals surface area contributed by atoms with Gasteiger partial charge in [-0.15, -0.1) is 11.3 Å². The molecule has 2 N–H and O–H groups in total. The standard InChI is InChI=1S/C14H16N4S/c1-2-3-13-17-11-8-10(15)4-5-12(11)18(13)9-14-16-6-7-19-14/h4-8H,2-3,9,15H2,1H3. The highest BCUT2D eigenvalue weighted by molar-refractivity contribution is 7.09. The molecule has 1 aromatic carbocycles. The Bertz CT molecular complexity index is 685. The lowest BCUT2D eigenvalue weighted by molar-refractivity contribution is 0.719. The molecule has 4 nitrogen and oxygen atoms in total. The van der Waals surface area contributed by atoms with Crippen molar-refractivity contribution in [1.29, 1.82) is 0 Å². The number of hydrogen-bond acceptors (Lipinski definition) is 4. The third kappa shape index (κ3) is 2.33. The molecular weight excluding hydrogens is 256 g/mol. The van der Waals surface area contributed by atoms with Gasteiger partial charge in [0.15, 0.2) is 0 Å². The Morgan fingerprint density at radius 3 is 3.00 bits per heavy atom. The van der Waals surface area contributed by atoms with Crippen LogP contribution in [0.3, 0.4) is 0 Å². The predicted molar refractivity (Wildman–Crippen MR) is 79.4 cm³/mol. The molecule has 0 fully saturated rings. The number of rotatable bonds is 4. The SMILES string of the molecule is CCCc1nc2cc(N)ccc2n1Cc1nccs1. The number of thiazole rings is 1. The third-order valence-corrected chi connectivity index (χ3v) is 3.87. The Labute approximate surface area is 115 Å². The zero-order valence-corrected chi connectivity index (χ0v) is 11.7. The number of fused-ring (bicyclic) bond motifs is 1. The van der Waals surface area contributed by atoms with E-state index in [1.54, 1.807) is 11.3 Å². The molecular formula is C14H16N4S. The molecule has 0 saturated heterocycles. The van der Waals surface area contributed by atoms with E-state index in [9.17, 15) is 0 Å². The van der Waals surface area contributed by atoms with Crippen molar-refractivity contribution in [2.75, 3.05) is 5.73 Å². The number of aryl methyl sites for hydroxylation is 1. The molecule has 2 heterocycles. The zero-order valence-electron chi connectivity index (χ0n) is 10.8. The Morgan fingerprint density at radius 1 is 1.37 bits per heavy atom. The van der Waals surface area contributed by atoms with Crippen LogP contribution < -0.4 is 5.73 Å². The van der Waals surface area contributed by atoms with Crippen molar-refractivity contribution >= 4 is 28.1 Å². The molecule has 98 valence electrons. The van der Waals surface area contributed by atoms with Gasteiger partial charge in [0.1, 0.15) is 10.8 Å². The number of nitrogen functional groups attached to an aromatic ring is 1. The second-order valence-corrected chi connectivity index (χ2v) is 5.52. The first-order valence-electron chi connectivity index (χ1n) is 6.41. The topological polar surface area (TPSA) is 56.7 Å². The summed E-state index contributed by atoms with van der Waals surface area (Å²) in [6.07, 6.45) is 3.90. The van der Waals surface area contributed by atoms with E-state index in [2.05, 4.69) is 16.5 Å². The lowest BCUT2D eigenvalue weighted by atomic mass is 10.3. The zero-order chi connectivity index (χ0) is 13.2. The average Bonchev–Trinajstić information content (AvgIpc) is 2.99. The van der Waals surface area contributed by atoms with E-state index in [1.807, 2.05) is 29.8 Å². The van der Waals surface area contributed by atoms with Gasteiger partial charge in [0.25, 0.3) is 0 Å². The summed E-state index contributed by atoms with van der Waals surface area (Å²) in [4.78, 5) is 9.07. The van der Waals surface area contributed by atoms with Crippen molar-refractivity contribution < 1.29 is 0 Å². The number of nitrogens with zero attached hydrogens (tertiary/aromatic N) is 3. The lowest BCUT2D eigenvalue weighted by Crippen LogP contribution is -2.04. The third-order valence-electron chi connectivity index (χ3n) is 3.10. The minimum atomic E-state index is 0.759. The highest BCUT2D eigenvalue weighted by Gasteiger charge is 2.11. The first kappa shape index (κ1) is 12.2. The molecule has 0 aliphatic heterocycles. The Balaban J connectivity index is 2.10. The molecule has 0 aliphatic rings. The average molecular weight is 272 g/mol. The summed E-state index contributed by atoms with van der Waals surface area (Å²) in [5, 5.41) is 3.11. The highest BCUT2D eigenvalue weighted by atomic mass is 32.1. The number of hydrogen-bond donors (Lipinski definition) is 1. The minimum Gasteiger partial charge on any atom is -0.399 e. The summed E-state index contributed by atoms with van der Waals surface area (Å²) < 4.78 is 2.25. The monoisotopic (exact) mass is 272 g/mol. The predicted octanol–water partition coefficient (Wildman–Crippen LogP) is 3.08. The molecule has 0 aliphatic carbocycles. The van der Waals surface area contributed by atoms with E-state index in [4.69, 9.17) is 10.7 Å². The fraction of sp³-hybridized carbons (Fsp3) is 0.286. The van der Waals surface area contributed by atoms with Crippen molar-refractivity contribution in [2.45, 2.75) is 26.3 Å². The second kappa shape index (κ2) is 5.01. The van der Waals surface area contributed by atoms with Gasteiger partial charge in [0.2, 0.25) is 0 Å². The maximum atomic E-state index is 5.83. The van der Waals surface area contributed by atoms with E-state index >= 15 is 0 Å². The van der Waals surface area contributed by atoms with Gasteiger partial charge in [0.05, 0.1) is 17.6 Å². The molecule has 2 aromatic heterocycles. The summed E-state index contributed by atoms with van der Waals surface area (Å²) in [6, 6.07) is 5.91. The molecule has 3 aromatic rings. The maximum Gasteiger partial charge on any atom is 0.112 e. The number of benzene rings is 1. The van der Waals surface area contributed by atoms with Gasteiger partial charge in [-0.3, -0.25) is 0 Å². The molecule has 5 heteroatoms. The van der Waals surface area contributed by atoms with Gasteiger partial charge >= 0.3 is 0 Å². The number of anilines is 1. The van der Waals surface area contributed by atoms with E-state index in [0.29, 0.717) is 0 Å². The van der Waals surface area contributed by atoms with Gasteiger partial charge in [-0.1, -0.05) is 6.92 Å². The Hall–Kier alpha value is -1.88. The van der Waals surface area contributed by atoms with Crippen LogP contribution in [0.2, 0.25) is 0 Å². The fourth-order valence-corrected chi connectivity index (χ4v) is 2.86. The first-order chi connectivity index (χ1) is 9.28. The van der Waals surface area contributed by atoms with Crippen LogP contribution in [0.15, 0.2) is 29.8 Å². The minimum absolute atomic E-state index is 0.759. The van der Waals surface area contributed by atoms with Gasteiger partial charge in [-0.2, -0.15) is 0 Å². The maximum absolute atomic E-state index is 5.83. The molecule has 19 heavy (non-hydrogen) atoms. The summed E-state index contributed by atoms with van der Waals surface area (Å²) in [6.45, 7) is 2.95. The van der Waals surface area contributed by atoms with Gasteiger partial charge in [-0.25, -0.2) is 9.97 Å². The molecule has 0 unspecified atom stereocenters. The first-order valence-corrected chi connectivity index (χ1v) is 7.29. The van der Waals surface area contributed by atoms with Crippen molar-refractivity contribution in [1.82, 2.24) is 14.5 Å². The van der Waals surface area contributed by atoms with Crippen molar-refractivity contribution in [3.63, 3.8) is 0 Å². The van der Waals surface area contributed by atoms with Crippen molar-refractivity contribution in [3.05, 3.63) is 40.6 Å². The normalized spacial score (nSPS) is 11.2. The summed E-state index contributed by atoms with van der Waals surface area (Å²) >= 11 is 1.68. The van der Waals surface area contributed by atoms with Crippen LogP contribution in [0, 0.1) is 0 Å². The Morgan fingerprint density at radius 2 is 2.26 bits per heavy atom. The summed E-state index contributed by atoms with van der Waals surface area (Å²) in [5.74, 6) is 1.11. The van der Waals surface area contributed by atoms with Crippen LogP contribution >= 0.6 is 11.3 Å². The molecule has 0 bridgehead atoms. The van der Waals surface area contributed by atoms with Crippen LogP contribution in [0.4, 0.5) is 5.69 Å². The number of nitrogens with two attached hydrogens (primary N) is 1. The molecule has 0 amide bonds. The van der Waals surface area contributed by atoms with Crippen molar-refractivity contribution in [3.8, 4) is 0 Å². The smallest absolute Gasteiger partial charge is 0.112 e.